The highest BCUT2D eigenvalue weighted by molar-refractivity contribution is 14.1. The molecule has 1 heterocycles. The molecule has 2 aromatic carbocycles. The molecule has 0 saturated heterocycles. The Bertz CT molecular complexity index is 961. The molecule has 1 amide bonds. The normalized spacial score (nSPS) is 10.5. The highest BCUT2D eigenvalue weighted by Gasteiger charge is 2.11. The van der Waals surface area contributed by atoms with Crippen LogP contribution in [0.4, 0.5) is 5.82 Å². The van der Waals surface area contributed by atoms with Crippen molar-refractivity contribution in [2.75, 3.05) is 12.8 Å². The SMILES string of the molecule is COCc1ccc(C(=O)NCc2ccc(Oc3ccccc3I)cc2)c(N)n1. The predicted molar refractivity (Wildman–Crippen MR) is 116 cm³/mol. The zero-order valence-electron chi connectivity index (χ0n) is 15.3. The molecule has 144 valence electrons. The third-order valence-electron chi connectivity index (χ3n) is 3.96. The number of aromatic nitrogens is 1. The minimum absolute atomic E-state index is 0.188. The first-order chi connectivity index (χ1) is 13.6. The number of halogens is 1. The van der Waals surface area contributed by atoms with Gasteiger partial charge in [0.25, 0.3) is 5.91 Å². The fraction of sp³-hybridized carbons (Fsp3) is 0.143. The third kappa shape index (κ3) is 5.20. The van der Waals surface area contributed by atoms with Gasteiger partial charge >= 0.3 is 0 Å². The first-order valence-corrected chi connectivity index (χ1v) is 9.68. The van der Waals surface area contributed by atoms with E-state index in [0.29, 0.717) is 24.4 Å². The van der Waals surface area contributed by atoms with Gasteiger partial charge in [0.15, 0.2) is 0 Å². The van der Waals surface area contributed by atoms with Crippen LogP contribution in [-0.4, -0.2) is 18.0 Å². The molecule has 0 spiro atoms. The third-order valence-corrected chi connectivity index (χ3v) is 4.85. The molecule has 1 aromatic heterocycles. The molecule has 3 N–H and O–H groups in total. The Morgan fingerprint density at radius 2 is 1.86 bits per heavy atom. The Morgan fingerprint density at radius 1 is 1.11 bits per heavy atom. The van der Waals surface area contributed by atoms with E-state index in [0.717, 1.165) is 20.6 Å². The number of methoxy groups -OCH3 is 1. The van der Waals surface area contributed by atoms with Crippen molar-refractivity contribution in [1.29, 1.82) is 0 Å². The number of carbonyl (C=O) groups is 1. The Balaban J connectivity index is 1.59. The molecule has 0 bridgehead atoms. The first kappa shape index (κ1) is 20.1. The molecule has 3 rings (SSSR count). The molecule has 0 aliphatic carbocycles. The maximum Gasteiger partial charge on any atom is 0.255 e. The van der Waals surface area contributed by atoms with Crippen molar-refractivity contribution in [2.24, 2.45) is 0 Å². The quantitative estimate of drug-likeness (QED) is 0.488. The average molecular weight is 489 g/mol. The number of nitrogen functional groups attached to an aromatic ring is 1. The number of amides is 1. The number of nitrogens with two attached hydrogens (primary N) is 1. The number of hydrogen-bond donors (Lipinski definition) is 2. The van der Waals surface area contributed by atoms with Gasteiger partial charge in [0, 0.05) is 13.7 Å². The summed E-state index contributed by atoms with van der Waals surface area (Å²) in [6.07, 6.45) is 0. The van der Waals surface area contributed by atoms with Crippen LogP contribution in [0.3, 0.4) is 0 Å². The van der Waals surface area contributed by atoms with E-state index in [4.69, 9.17) is 15.2 Å². The molecule has 0 aliphatic heterocycles. The Kier molecular flexibility index (Phi) is 6.83. The van der Waals surface area contributed by atoms with Crippen LogP contribution >= 0.6 is 22.6 Å². The van der Waals surface area contributed by atoms with Crippen molar-refractivity contribution >= 4 is 34.3 Å². The van der Waals surface area contributed by atoms with E-state index in [1.165, 1.54) is 0 Å². The summed E-state index contributed by atoms with van der Waals surface area (Å²) in [4.78, 5) is 16.5. The van der Waals surface area contributed by atoms with E-state index >= 15 is 0 Å². The van der Waals surface area contributed by atoms with Gasteiger partial charge in [-0.3, -0.25) is 4.79 Å². The number of pyridine rings is 1. The summed E-state index contributed by atoms with van der Waals surface area (Å²) in [5.41, 5.74) is 7.86. The zero-order valence-corrected chi connectivity index (χ0v) is 17.5. The number of carbonyl (C=O) groups excluding carboxylic acids is 1. The minimum Gasteiger partial charge on any atom is -0.456 e. The fourth-order valence-corrected chi connectivity index (χ4v) is 3.04. The van der Waals surface area contributed by atoms with Gasteiger partial charge in [0.1, 0.15) is 17.3 Å². The summed E-state index contributed by atoms with van der Waals surface area (Å²) in [6, 6.07) is 18.8. The van der Waals surface area contributed by atoms with Gasteiger partial charge in [-0.2, -0.15) is 0 Å². The predicted octanol–water partition coefficient (Wildman–Crippen LogP) is 4.14. The number of para-hydroxylation sites is 1. The van der Waals surface area contributed by atoms with E-state index in [9.17, 15) is 4.79 Å². The lowest BCUT2D eigenvalue weighted by Crippen LogP contribution is -2.24. The monoisotopic (exact) mass is 489 g/mol. The van der Waals surface area contributed by atoms with Crippen LogP contribution in [0.5, 0.6) is 11.5 Å². The van der Waals surface area contributed by atoms with Gasteiger partial charge < -0.3 is 20.5 Å². The molecule has 0 unspecified atom stereocenters. The van der Waals surface area contributed by atoms with Crippen LogP contribution in [0.15, 0.2) is 60.7 Å². The number of nitrogens with zero attached hydrogens (tertiary/aromatic N) is 1. The van der Waals surface area contributed by atoms with Crippen LogP contribution in [0.2, 0.25) is 0 Å². The molecule has 3 aromatic rings. The number of nitrogens with one attached hydrogen (secondary N) is 1. The first-order valence-electron chi connectivity index (χ1n) is 8.60. The highest BCUT2D eigenvalue weighted by Crippen LogP contribution is 2.26. The minimum atomic E-state index is -0.270. The van der Waals surface area contributed by atoms with Gasteiger partial charge in [-0.15, -0.1) is 0 Å². The Labute approximate surface area is 177 Å². The van der Waals surface area contributed by atoms with Crippen molar-refractivity contribution in [3.63, 3.8) is 0 Å². The number of rotatable bonds is 7. The van der Waals surface area contributed by atoms with Crippen molar-refractivity contribution < 1.29 is 14.3 Å². The molecule has 0 aliphatic rings. The Hall–Kier alpha value is -2.65. The van der Waals surface area contributed by atoms with Gasteiger partial charge in [0.2, 0.25) is 0 Å². The summed E-state index contributed by atoms with van der Waals surface area (Å²) in [7, 11) is 1.58. The summed E-state index contributed by atoms with van der Waals surface area (Å²) in [5.74, 6) is 1.46. The van der Waals surface area contributed by atoms with Gasteiger partial charge in [-0.25, -0.2) is 4.98 Å². The van der Waals surface area contributed by atoms with Crippen LogP contribution in [-0.2, 0) is 17.9 Å². The smallest absolute Gasteiger partial charge is 0.255 e. The maximum atomic E-state index is 12.4. The lowest BCUT2D eigenvalue weighted by atomic mass is 10.2. The van der Waals surface area contributed by atoms with Gasteiger partial charge in [0.05, 0.1) is 21.4 Å². The number of hydrogen-bond acceptors (Lipinski definition) is 5. The van der Waals surface area contributed by atoms with Crippen molar-refractivity contribution in [3.8, 4) is 11.5 Å². The maximum absolute atomic E-state index is 12.4. The standard InChI is InChI=1S/C21H20IN3O3/c1-27-13-15-8-11-17(20(23)25-15)21(26)24-12-14-6-9-16(10-7-14)28-19-5-3-2-4-18(19)22/h2-11H,12-13H2,1H3,(H2,23,25)(H,24,26). The molecule has 0 saturated carbocycles. The second kappa shape index (κ2) is 9.52. The van der Waals surface area contributed by atoms with E-state index < -0.39 is 0 Å². The lowest BCUT2D eigenvalue weighted by molar-refractivity contribution is 0.0951. The second-order valence-electron chi connectivity index (χ2n) is 6.03. The number of anilines is 1. The summed E-state index contributed by atoms with van der Waals surface area (Å²) >= 11 is 2.23. The summed E-state index contributed by atoms with van der Waals surface area (Å²) < 4.78 is 11.9. The molecule has 0 atom stereocenters. The van der Waals surface area contributed by atoms with Crippen molar-refractivity contribution in [1.82, 2.24) is 10.3 Å². The van der Waals surface area contributed by atoms with Crippen molar-refractivity contribution in [2.45, 2.75) is 13.2 Å². The van der Waals surface area contributed by atoms with Crippen LogP contribution < -0.4 is 15.8 Å². The van der Waals surface area contributed by atoms with Crippen LogP contribution in [0.25, 0.3) is 0 Å². The largest absolute Gasteiger partial charge is 0.456 e. The fourth-order valence-electron chi connectivity index (χ4n) is 2.54. The second-order valence-corrected chi connectivity index (χ2v) is 7.19. The molecule has 0 radical (unpaired) electrons. The molecule has 7 heteroatoms. The van der Waals surface area contributed by atoms with E-state index in [-0.39, 0.29) is 11.7 Å². The van der Waals surface area contributed by atoms with E-state index in [2.05, 4.69) is 32.9 Å². The molecule has 6 nitrogen and oxygen atoms in total. The van der Waals surface area contributed by atoms with Crippen LogP contribution in [0.1, 0.15) is 21.6 Å². The zero-order chi connectivity index (χ0) is 19.9. The molecular formula is C21H20IN3O3. The van der Waals surface area contributed by atoms with Gasteiger partial charge in [-0.1, -0.05) is 24.3 Å². The number of ether oxygens (including phenoxy) is 2. The lowest BCUT2D eigenvalue weighted by Gasteiger charge is -2.10. The van der Waals surface area contributed by atoms with Gasteiger partial charge in [-0.05, 0) is 64.6 Å². The molecule has 0 fully saturated rings. The van der Waals surface area contributed by atoms with E-state index in [1.807, 2.05) is 48.5 Å². The Morgan fingerprint density at radius 3 is 2.54 bits per heavy atom. The summed E-state index contributed by atoms with van der Waals surface area (Å²) in [5, 5.41) is 2.85. The van der Waals surface area contributed by atoms with Crippen LogP contribution in [0, 0.1) is 3.57 Å². The average Bonchev–Trinajstić information content (AvgIpc) is 2.69. The molecular weight excluding hydrogens is 469 g/mol. The topological polar surface area (TPSA) is 86.5 Å². The van der Waals surface area contributed by atoms with E-state index in [1.54, 1.807) is 19.2 Å². The van der Waals surface area contributed by atoms with Crippen molar-refractivity contribution in [3.05, 3.63) is 81.1 Å². The number of benzene rings is 2. The summed E-state index contributed by atoms with van der Waals surface area (Å²) in [6.45, 7) is 0.726. The highest BCUT2D eigenvalue weighted by atomic mass is 127. The molecule has 28 heavy (non-hydrogen) atoms.